The van der Waals surface area contributed by atoms with Crippen LogP contribution in [0.5, 0.6) is 0 Å². The van der Waals surface area contributed by atoms with Crippen molar-refractivity contribution in [2.24, 2.45) is 0 Å². The Bertz CT molecular complexity index is 3930. The Morgan fingerprint density at radius 2 is 1.30 bits per heavy atom. The zero-order chi connectivity index (χ0) is 44.8. The third kappa shape index (κ3) is 5.08. The van der Waals surface area contributed by atoms with Crippen molar-refractivity contribution in [3.63, 3.8) is 0 Å². The van der Waals surface area contributed by atoms with Crippen LogP contribution in [-0.2, 0) is 16.2 Å². The van der Waals surface area contributed by atoms with Gasteiger partial charge in [0.25, 0.3) is 0 Å². The molecule has 11 aromatic rings. The molecule has 2 aliphatic heterocycles. The number of oxazole rings is 1. The summed E-state index contributed by atoms with van der Waals surface area (Å²) in [7, 11) is 0. The van der Waals surface area contributed by atoms with Gasteiger partial charge in [-0.15, -0.1) is 11.3 Å². The van der Waals surface area contributed by atoms with Crippen LogP contribution in [0.2, 0.25) is 0 Å². The quantitative estimate of drug-likeness (QED) is 0.162. The van der Waals surface area contributed by atoms with Crippen molar-refractivity contribution in [2.75, 3.05) is 4.81 Å². The average molecular weight is 870 g/mol. The molecule has 0 bridgehead atoms. The lowest BCUT2D eigenvalue weighted by molar-refractivity contribution is 0.590. The number of benzene rings is 8. The molecule has 0 saturated heterocycles. The molecule has 0 spiro atoms. The molecule has 318 valence electrons. The summed E-state index contributed by atoms with van der Waals surface area (Å²) < 4.78 is 11.9. The van der Waals surface area contributed by atoms with Gasteiger partial charge in [-0.1, -0.05) is 134 Å². The molecule has 3 aromatic heterocycles. The largest absolute Gasteiger partial charge is 0.436 e. The van der Waals surface area contributed by atoms with Crippen LogP contribution in [0.1, 0.15) is 77.6 Å². The lowest BCUT2D eigenvalue weighted by Crippen LogP contribution is -2.60. The second kappa shape index (κ2) is 12.7. The number of fused-ring (bicyclic) bond motifs is 15. The van der Waals surface area contributed by atoms with E-state index in [1.807, 2.05) is 29.5 Å². The summed E-state index contributed by atoms with van der Waals surface area (Å²) in [6.45, 7) is 18.4. The van der Waals surface area contributed by atoms with E-state index in [1.165, 1.54) is 109 Å². The van der Waals surface area contributed by atoms with E-state index in [0.717, 1.165) is 22.4 Å². The van der Waals surface area contributed by atoms with Crippen molar-refractivity contribution in [3.05, 3.63) is 168 Å². The maximum absolute atomic E-state index is 6.73. The number of nitrogens with zero attached hydrogens (tertiary/aromatic N) is 3. The van der Waals surface area contributed by atoms with Gasteiger partial charge in [0.2, 0.25) is 5.89 Å². The van der Waals surface area contributed by atoms with Crippen LogP contribution >= 0.6 is 11.3 Å². The predicted molar refractivity (Wildman–Crippen MR) is 281 cm³/mol. The molecule has 0 amide bonds. The van der Waals surface area contributed by atoms with Gasteiger partial charge in [-0.25, -0.2) is 4.98 Å². The van der Waals surface area contributed by atoms with Gasteiger partial charge in [-0.2, -0.15) is 0 Å². The Kier molecular flexibility index (Phi) is 7.39. The molecule has 0 N–H and O–H groups in total. The van der Waals surface area contributed by atoms with Gasteiger partial charge in [-0.3, -0.25) is 0 Å². The number of anilines is 2. The van der Waals surface area contributed by atoms with Gasteiger partial charge in [-0.05, 0) is 121 Å². The summed E-state index contributed by atoms with van der Waals surface area (Å²) in [4.78, 5) is 7.87. The van der Waals surface area contributed by atoms with Crippen molar-refractivity contribution in [1.82, 2.24) is 9.55 Å². The Balaban J connectivity index is 1.12. The van der Waals surface area contributed by atoms with E-state index in [-0.39, 0.29) is 23.1 Å². The molecule has 0 atom stereocenters. The number of thiophene rings is 1. The van der Waals surface area contributed by atoms with E-state index in [2.05, 4.69) is 192 Å². The second-order valence-electron chi connectivity index (χ2n) is 21.6. The van der Waals surface area contributed by atoms with Crippen LogP contribution in [-0.4, -0.2) is 16.4 Å². The van der Waals surface area contributed by atoms with Crippen molar-refractivity contribution < 1.29 is 4.42 Å². The van der Waals surface area contributed by atoms with Crippen molar-refractivity contribution >= 4 is 93.6 Å². The van der Waals surface area contributed by atoms with Crippen LogP contribution in [0, 0.1) is 0 Å². The Morgan fingerprint density at radius 3 is 2.09 bits per heavy atom. The third-order valence-corrected chi connectivity index (χ3v) is 16.4. The lowest BCUT2D eigenvalue weighted by atomic mass is 9.44. The molecule has 0 unspecified atom stereocenters. The van der Waals surface area contributed by atoms with Gasteiger partial charge >= 0.3 is 6.85 Å². The molecule has 8 aromatic carbocycles. The highest BCUT2D eigenvalue weighted by molar-refractivity contribution is 7.25. The van der Waals surface area contributed by atoms with Gasteiger partial charge in [0, 0.05) is 70.6 Å². The minimum Gasteiger partial charge on any atom is -0.436 e. The molecule has 4 nitrogen and oxygen atoms in total. The molecule has 3 aliphatic rings. The fourth-order valence-electron chi connectivity index (χ4n) is 11.8. The maximum atomic E-state index is 6.73. The SMILES string of the molecule is CC(C)(C)c1ccc(N2B3c4cc5nc(-c6ccccc6)oc5cc4-n4c5cc6c(cc5c5ccc(c3c54)-c3cc4c(cc32)sc2cc(C(C)(C)C)ccc24)C(C)(C)c2ccccc2-6)cc1. The minimum atomic E-state index is -0.145. The zero-order valence-corrected chi connectivity index (χ0v) is 39.4. The zero-order valence-electron chi connectivity index (χ0n) is 38.6. The van der Waals surface area contributed by atoms with Crippen LogP contribution in [0.4, 0.5) is 11.4 Å². The van der Waals surface area contributed by atoms with Crippen LogP contribution < -0.4 is 15.7 Å². The third-order valence-electron chi connectivity index (χ3n) is 15.3. The highest BCUT2D eigenvalue weighted by Gasteiger charge is 2.45. The topological polar surface area (TPSA) is 34.2 Å². The van der Waals surface area contributed by atoms with Crippen molar-refractivity contribution in [1.29, 1.82) is 0 Å². The van der Waals surface area contributed by atoms with Gasteiger partial charge in [0.15, 0.2) is 5.58 Å². The smallest absolute Gasteiger partial charge is 0.333 e. The average Bonchev–Trinajstić information content (AvgIpc) is 4.04. The molecule has 14 rings (SSSR count). The van der Waals surface area contributed by atoms with Crippen LogP contribution in [0.15, 0.2) is 150 Å². The maximum Gasteiger partial charge on any atom is 0.333 e. The van der Waals surface area contributed by atoms with Crippen LogP contribution in [0.25, 0.3) is 92.5 Å². The first-order valence-corrected chi connectivity index (χ1v) is 24.2. The fraction of sp³-hybridized carbons (Fsp3) is 0.183. The standard InChI is InChI=1S/C60H48BN3OS/c1-58(2,3)34-18-21-36(22-19-34)64-50-32-54-44(38-23-20-35(59(4,5)6)26-53(38)66-54)27-42(50)39-24-25-40-43-28-46-41(37-16-12-13-17-45(37)60(46,7)8)29-49(43)63-51-31-52-48(30-47(51)61(64)55(39)56(40)63)62-57(65-52)33-14-10-9-11-15-33/h9-32H,1-8H3. The van der Waals surface area contributed by atoms with E-state index in [1.54, 1.807) is 0 Å². The van der Waals surface area contributed by atoms with E-state index in [0.29, 0.717) is 5.89 Å². The van der Waals surface area contributed by atoms with E-state index >= 15 is 0 Å². The number of aromatic nitrogens is 2. The highest BCUT2D eigenvalue weighted by atomic mass is 32.1. The second-order valence-corrected chi connectivity index (χ2v) is 22.7. The van der Waals surface area contributed by atoms with Gasteiger partial charge in [0.05, 0.1) is 11.0 Å². The molecular formula is C60H48BN3OS. The molecular weight excluding hydrogens is 822 g/mol. The Morgan fingerprint density at radius 1 is 0.576 bits per heavy atom. The lowest BCUT2D eigenvalue weighted by Gasteiger charge is -2.42. The number of hydrogen-bond acceptors (Lipinski definition) is 4. The van der Waals surface area contributed by atoms with Gasteiger partial charge < -0.3 is 13.8 Å². The summed E-state index contributed by atoms with van der Waals surface area (Å²) in [5.74, 6) is 0.635. The van der Waals surface area contributed by atoms with Crippen LogP contribution in [0.3, 0.4) is 0 Å². The minimum absolute atomic E-state index is 0.0228. The molecule has 6 heteroatoms. The number of rotatable bonds is 2. The molecule has 0 fully saturated rings. The van der Waals surface area contributed by atoms with Crippen molar-refractivity contribution in [2.45, 2.75) is 71.6 Å². The molecule has 66 heavy (non-hydrogen) atoms. The molecule has 0 radical (unpaired) electrons. The molecule has 0 saturated carbocycles. The first kappa shape index (κ1) is 38.4. The van der Waals surface area contributed by atoms with Gasteiger partial charge in [0.1, 0.15) is 5.52 Å². The molecule has 5 heterocycles. The van der Waals surface area contributed by atoms with E-state index < -0.39 is 0 Å². The summed E-state index contributed by atoms with van der Waals surface area (Å²) in [5.41, 5.74) is 21.8. The normalized spacial score (nSPS) is 14.7. The first-order valence-electron chi connectivity index (χ1n) is 23.4. The summed E-state index contributed by atoms with van der Waals surface area (Å²) in [6.07, 6.45) is 0. The Hall–Kier alpha value is -6.89. The highest BCUT2D eigenvalue weighted by Crippen LogP contribution is 2.53. The van der Waals surface area contributed by atoms with E-state index in [9.17, 15) is 0 Å². The van der Waals surface area contributed by atoms with E-state index in [4.69, 9.17) is 9.40 Å². The summed E-state index contributed by atoms with van der Waals surface area (Å²) >= 11 is 1.92. The summed E-state index contributed by atoms with van der Waals surface area (Å²) in [5, 5.41) is 5.19. The molecule has 1 aliphatic carbocycles. The Labute approximate surface area is 389 Å². The predicted octanol–water partition coefficient (Wildman–Crippen LogP) is 15.1. The monoisotopic (exact) mass is 869 g/mol. The summed E-state index contributed by atoms with van der Waals surface area (Å²) in [6, 6.07) is 55.3. The fourth-order valence-corrected chi connectivity index (χ4v) is 13.0. The van der Waals surface area contributed by atoms with Crippen molar-refractivity contribution in [3.8, 4) is 39.4 Å². The first-order chi connectivity index (χ1) is 31.7. The number of hydrogen-bond donors (Lipinski definition) is 0.